The summed E-state index contributed by atoms with van der Waals surface area (Å²) in [4.78, 5) is 23.5. The van der Waals surface area contributed by atoms with Gasteiger partial charge in [0.25, 0.3) is 5.91 Å². The Morgan fingerprint density at radius 3 is 2.56 bits per heavy atom. The van der Waals surface area contributed by atoms with Crippen LogP contribution in [0.5, 0.6) is 5.75 Å². The highest BCUT2D eigenvalue weighted by Gasteiger charge is 2.14. The molecule has 1 N–H and O–H groups in total. The molecule has 128 valence electrons. The topological polar surface area (TPSA) is 88.4 Å². The van der Waals surface area contributed by atoms with Gasteiger partial charge in [0.1, 0.15) is 5.75 Å². The third kappa shape index (κ3) is 5.08. The van der Waals surface area contributed by atoms with E-state index in [9.17, 15) is 9.59 Å². The SMILES string of the molecule is COC(=O)c1ccc(CNC(=O)C(C)Oc2cccc(C#N)c2)cc1. The van der Waals surface area contributed by atoms with Crippen molar-refractivity contribution in [2.24, 2.45) is 0 Å². The van der Waals surface area contributed by atoms with Crippen LogP contribution in [0.2, 0.25) is 0 Å². The Labute approximate surface area is 146 Å². The molecule has 2 aromatic carbocycles. The molecule has 6 nitrogen and oxygen atoms in total. The lowest BCUT2D eigenvalue weighted by molar-refractivity contribution is -0.127. The molecule has 0 spiro atoms. The molecule has 0 aliphatic heterocycles. The van der Waals surface area contributed by atoms with Crippen molar-refractivity contribution in [1.82, 2.24) is 5.32 Å². The summed E-state index contributed by atoms with van der Waals surface area (Å²) >= 11 is 0. The molecule has 0 aromatic heterocycles. The summed E-state index contributed by atoms with van der Waals surface area (Å²) < 4.78 is 10.2. The lowest BCUT2D eigenvalue weighted by atomic mass is 10.1. The Balaban J connectivity index is 1.88. The highest BCUT2D eigenvalue weighted by molar-refractivity contribution is 5.89. The van der Waals surface area contributed by atoms with Crippen LogP contribution in [-0.2, 0) is 16.1 Å². The van der Waals surface area contributed by atoms with Crippen LogP contribution >= 0.6 is 0 Å². The number of ether oxygens (including phenoxy) is 2. The molecule has 0 fully saturated rings. The number of carbonyl (C=O) groups is 2. The summed E-state index contributed by atoms with van der Waals surface area (Å²) in [5, 5.41) is 11.6. The van der Waals surface area contributed by atoms with Crippen LogP contribution in [0.1, 0.15) is 28.4 Å². The van der Waals surface area contributed by atoms with E-state index in [0.717, 1.165) is 5.56 Å². The largest absolute Gasteiger partial charge is 0.481 e. The van der Waals surface area contributed by atoms with Crippen LogP contribution in [-0.4, -0.2) is 25.1 Å². The van der Waals surface area contributed by atoms with Crippen LogP contribution in [0, 0.1) is 11.3 Å². The highest BCUT2D eigenvalue weighted by atomic mass is 16.5. The maximum Gasteiger partial charge on any atom is 0.337 e. The summed E-state index contributed by atoms with van der Waals surface area (Å²) in [7, 11) is 1.32. The summed E-state index contributed by atoms with van der Waals surface area (Å²) in [6.07, 6.45) is -0.705. The first-order valence-electron chi connectivity index (χ1n) is 7.65. The second-order valence-electron chi connectivity index (χ2n) is 5.31. The Morgan fingerprint density at radius 1 is 1.20 bits per heavy atom. The van der Waals surface area contributed by atoms with Gasteiger partial charge in [-0.1, -0.05) is 18.2 Å². The Hall–Kier alpha value is -3.33. The maximum atomic E-state index is 12.1. The van der Waals surface area contributed by atoms with E-state index in [1.165, 1.54) is 7.11 Å². The van der Waals surface area contributed by atoms with Crippen LogP contribution in [0.15, 0.2) is 48.5 Å². The van der Waals surface area contributed by atoms with Crippen LogP contribution in [0.3, 0.4) is 0 Å². The molecule has 2 aromatic rings. The molecular weight excluding hydrogens is 320 g/mol. The Bertz CT molecular complexity index is 794. The van der Waals surface area contributed by atoms with Crippen molar-refractivity contribution in [3.05, 3.63) is 65.2 Å². The average Bonchev–Trinajstić information content (AvgIpc) is 2.65. The molecule has 0 saturated carbocycles. The Kier molecular flexibility index (Phi) is 6.13. The lowest BCUT2D eigenvalue weighted by Gasteiger charge is -2.15. The molecule has 25 heavy (non-hydrogen) atoms. The molecule has 0 aliphatic rings. The fraction of sp³-hybridized carbons (Fsp3) is 0.211. The molecule has 0 bridgehead atoms. The van der Waals surface area contributed by atoms with Gasteiger partial charge in [-0.15, -0.1) is 0 Å². The molecule has 1 atom stereocenters. The lowest BCUT2D eigenvalue weighted by Crippen LogP contribution is -2.35. The van der Waals surface area contributed by atoms with Gasteiger partial charge in [-0.05, 0) is 42.8 Å². The minimum absolute atomic E-state index is 0.278. The second-order valence-corrected chi connectivity index (χ2v) is 5.31. The van der Waals surface area contributed by atoms with Crippen molar-refractivity contribution >= 4 is 11.9 Å². The van der Waals surface area contributed by atoms with Gasteiger partial charge in [-0.2, -0.15) is 5.26 Å². The number of methoxy groups -OCH3 is 1. The number of nitrogens with zero attached hydrogens (tertiary/aromatic N) is 1. The van der Waals surface area contributed by atoms with Crippen molar-refractivity contribution < 1.29 is 19.1 Å². The third-order valence-electron chi connectivity index (χ3n) is 3.49. The van der Waals surface area contributed by atoms with E-state index >= 15 is 0 Å². The van der Waals surface area contributed by atoms with E-state index in [0.29, 0.717) is 23.4 Å². The van der Waals surface area contributed by atoms with Gasteiger partial charge in [0.2, 0.25) is 0 Å². The number of esters is 1. The first-order valence-corrected chi connectivity index (χ1v) is 7.65. The molecular formula is C19H18N2O4. The van der Waals surface area contributed by atoms with Crippen molar-refractivity contribution in [2.75, 3.05) is 7.11 Å². The van der Waals surface area contributed by atoms with Gasteiger partial charge in [-0.3, -0.25) is 4.79 Å². The van der Waals surface area contributed by atoms with Gasteiger partial charge in [0.15, 0.2) is 6.10 Å². The van der Waals surface area contributed by atoms with E-state index in [4.69, 9.17) is 10.00 Å². The van der Waals surface area contributed by atoms with E-state index in [2.05, 4.69) is 10.1 Å². The first kappa shape index (κ1) is 18.0. The van der Waals surface area contributed by atoms with Gasteiger partial charge >= 0.3 is 5.97 Å². The van der Waals surface area contributed by atoms with Crippen LogP contribution < -0.4 is 10.1 Å². The highest BCUT2D eigenvalue weighted by Crippen LogP contribution is 2.14. The van der Waals surface area contributed by atoms with Gasteiger partial charge < -0.3 is 14.8 Å². The standard InChI is InChI=1S/C19H18N2O4/c1-13(25-17-5-3-4-15(10-17)11-20)18(22)21-12-14-6-8-16(9-7-14)19(23)24-2/h3-10,13H,12H2,1-2H3,(H,21,22). The fourth-order valence-corrected chi connectivity index (χ4v) is 2.11. The zero-order valence-corrected chi connectivity index (χ0v) is 14.0. The van der Waals surface area contributed by atoms with E-state index in [-0.39, 0.29) is 5.91 Å². The number of rotatable bonds is 6. The summed E-state index contributed by atoms with van der Waals surface area (Å²) in [6.45, 7) is 1.95. The predicted molar refractivity (Wildman–Crippen MR) is 90.9 cm³/mol. The third-order valence-corrected chi connectivity index (χ3v) is 3.49. The molecule has 0 aliphatic carbocycles. The predicted octanol–water partition coefficient (Wildman–Crippen LogP) is 2.43. The zero-order chi connectivity index (χ0) is 18.2. The number of hydrogen-bond acceptors (Lipinski definition) is 5. The molecule has 1 unspecified atom stereocenters. The van der Waals surface area contributed by atoms with Crippen LogP contribution in [0.4, 0.5) is 0 Å². The van der Waals surface area contributed by atoms with Crippen molar-refractivity contribution in [3.8, 4) is 11.8 Å². The number of benzene rings is 2. The number of carbonyl (C=O) groups excluding carboxylic acids is 2. The van der Waals surface area contributed by atoms with Crippen LogP contribution in [0.25, 0.3) is 0 Å². The smallest absolute Gasteiger partial charge is 0.337 e. The first-order chi connectivity index (χ1) is 12.0. The summed E-state index contributed by atoms with van der Waals surface area (Å²) in [5.74, 6) is -0.222. The molecule has 1 amide bonds. The second kappa shape index (κ2) is 8.50. The molecule has 0 saturated heterocycles. The minimum Gasteiger partial charge on any atom is -0.481 e. The van der Waals surface area contributed by atoms with Gasteiger partial charge in [-0.25, -0.2) is 4.79 Å². The fourth-order valence-electron chi connectivity index (χ4n) is 2.11. The number of nitriles is 1. The van der Waals surface area contributed by atoms with Gasteiger partial charge in [0, 0.05) is 6.54 Å². The molecule has 0 radical (unpaired) electrons. The summed E-state index contributed by atoms with van der Waals surface area (Å²) in [5.41, 5.74) is 1.77. The zero-order valence-electron chi connectivity index (χ0n) is 14.0. The summed E-state index contributed by atoms with van der Waals surface area (Å²) in [6, 6.07) is 15.4. The van der Waals surface area contributed by atoms with Gasteiger partial charge in [0.05, 0.1) is 24.3 Å². The normalized spacial score (nSPS) is 11.1. The Morgan fingerprint density at radius 2 is 1.92 bits per heavy atom. The maximum absolute atomic E-state index is 12.1. The monoisotopic (exact) mass is 338 g/mol. The number of nitrogens with one attached hydrogen (secondary N) is 1. The van der Waals surface area contributed by atoms with E-state index < -0.39 is 12.1 Å². The van der Waals surface area contributed by atoms with Crippen molar-refractivity contribution in [1.29, 1.82) is 5.26 Å². The number of hydrogen-bond donors (Lipinski definition) is 1. The minimum atomic E-state index is -0.705. The molecule has 0 heterocycles. The van der Waals surface area contributed by atoms with E-state index in [1.54, 1.807) is 55.5 Å². The molecule has 2 rings (SSSR count). The van der Waals surface area contributed by atoms with Crippen molar-refractivity contribution in [3.63, 3.8) is 0 Å². The average molecular weight is 338 g/mol. The quantitative estimate of drug-likeness (QED) is 0.817. The van der Waals surface area contributed by atoms with E-state index in [1.807, 2.05) is 6.07 Å². The molecule has 6 heteroatoms. The number of amides is 1. The van der Waals surface area contributed by atoms with Crippen molar-refractivity contribution in [2.45, 2.75) is 19.6 Å².